The third-order valence-corrected chi connectivity index (χ3v) is 4.82. The van der Waals surface area contributed by atoms with E-state index in [1.807, 2.05) is 20.8 Å². The van der Waals surface area contributed by atoms with Crippen LogP contribution in [0.3, 0.4) is 0 Å². The number of H-pyrrole nitrogens is 1. The van der Waals surface area contributed by atoms with Gasteiger partial charge in [0.25, 0.3) is 10.0 Å². The number of nitrogens with zero attached hydrogens (tertiary/aromatic N) is 1. The molecule has 1 aromatic heterocycles. The molecule has 0 aliphatic heterocycles. The van der Waals surface area contributed by atoms with Crippen molar-refractivity contribution in [3.63, 3.8) is 0 Å². The Labute approximate surface area is 121 Å². The van der Waals surface area contributed by atoms with Crippen molar-refractivity contribution >= 4 is 10.0 Å². The van der Waals surface area contributed by atoms with Crippen molar-refractivity contribution in [2.24, 2.45) is 11.8 Å². The Morgan fingerprint density at radius 1 is 1.25 bits per heavy atom. The first-order chi connectivity index (χ1) is 9.24. The zero-order valence-electron chi connectivity index (χ0n) is 12.9. The van der Waals surface area contributed by atoms with Crippen LogP contribution in [0.4, 0.5) is 0 Å². The van der Waals surface area contributed by atoms with Crippen LogP contribution < -0.4 is 10.0 Å². The van der Waals surface area contributed by atoms with Gasteiger partial charge in [-0.2, -0.15) is 5.10 Å². The van der Waals surface area contributed by atoms with Crippen molar-refractivity contribution in [2.75, 3.05) is 6.54 Å². The Hall–Kier alpha value is -0.920. The molecule has 0 bridgehead atoms. The first kappa shape index (κ1) is 17.1. The van der Waals surface area contributed by atoms with Crippen LogP contribution in [0.15, 0.2) is 11.2 Å². The topological polar surface area (TPSA) is 86.9 Å². The smallest absolute Gasteiger partial charge is 0.257 e. The Balaban J connectivity index is 2.75. The first-order valence-electron chi connectivity index (χ1n) is 6.99. The maximum atomic E-state index is 12.3. The maximum Gasteiger partial charge on any atom is 0.257 e. The molecule has 116 valence electrons. The van der Waals surface area contributed by atoms with Crippen LogP contribution in [0.1, 0.15) is 40.2 Å². The van der Waals surface area contributed by atoms with Crippen molar-refractivity contribution in [2.45, 2.75) is 52.2 Å². The lowest BCUT2D eigenvalue weighted by molar-refractivity contribution is 0.414. The van der Waals surface area contributed by atoms with Gasteiger partial charge in [-0.3, -0.25) is 5.10 Å². The standard InChI is InChI=1S/C13H26N4O2S/c1-9(2)11(5)6-16-20(18,19)13-12(8-15-17-13)7-14-10(3)4/h8-11,14,16H,6-7H2,1-5H3,(H,15,17). The normalized spacial score (nSPS) is 14.2. The molecule has 0 aliphatic rings. The molecule has 0 aromatic carbocycles. The third kappa shape index (κ3) is 4.88. The minimum absolute atomic E-state index is 0.154. The highest BCUT2D eigenvalue weighted by Crippen LogP contribution is 2.14. The largest absolute Gasteiger partial charge is 0.310 e. The summed E-state index contributed by atoms with van der Waals surface area (Å²) >= 11 is 0. The van der Waals surface area contributed by atoms with E-state index in [0.717, 1.165) is 0 Å². The fraction of sp³-hybridized carbons (Fsp3) is 0.769. The number of rotatable bonds is 8. The van der Waals surface area contributed by atoms with Crippen molar-refractivity contribution in [3.05, 3.63) is 11.8 Å². The SMILES string of the molecule is CC(C)NCc1cn[nH]c1S(=O)(=O)NCC(C)C(C)C. The van der Waals surface area contributed by atoms with Gasteiger partial charge in [-0.1, -0.05) is 34.6 Å². The summed E-state index contributed by atoms with van der Waals surface area (Å²) in [7, 11) is -3.53. The fourth-order valence-corrected chi connectivity index (χ4v) is 2.79. The van der Waals surface area contributed by atoms with E-state index in [9.17, 15) is 8.42 Å². The molecule has 6 nitrogen and oxygen atoms in total. The molecule has 1 atom stereocenters. The average molecular weight is 302 g/mol. The van der Waals surface area contributed by atoms with Crippen molar-refractivity contribution < 1.29 is 8.42 Å². The quantitative estimate of drug-likeness (QED) is 0.679. The minimum Gasteiger partial charge on any atom is -0.310 e. The highest BCUT2D eigenvalue weighted by Gasteiger charge is 2.21. The Kier molecular flexibility index (Phi) is 6.16. The summed E-state index contributed by atoms with van der Waals surface area (Å²) in [5.41, 5.74) is 0.656. The average Bonchev–Trinajstić information content (AvgIpc) is 2.82. The van der Waals surface area contributed by atoms with Crippen LogP contribution >= 0.6 is 0 Å². The number of sulfonamides is 1. The lowest BCUT2D eigenvalue weighted by Crippen LogP contribution is -2.31. The fourth-order valence-electron chi connectivity index (χ4n) is 1.52. The van der Waals surface area contributed by atoms with Crippen LogP contribution in [0, 0.1) is 11.8 Å². The van der Waals surface area contributed by atoms with Gasteiger partial charge >= 0.3 is 0 Å². The van der Waals surface area contributed by atoms with Gasteiger partial charge in [-0.15, -0.1) is 0 Å². The molecular weight excluding hydrogens is 276 g/mol. The van der Waals surface area contributed by atoms with Gasteiger partial charge in [-0.05, 0) is 11.8 Å². The molecule has 0 fully saturated rings. The van der Waals surface area contributed by atoms with Crippen LogP contribution in [0.2, 0.25) is 0 Å². The predicted molar refractivity (Wildman–Crippen MR) is 79.8 cm³/mol. The zero-order chi connectivity index (χ0) is 15.3. The minimum atomic E-state index is -3.53. The predicted octanol–water partition coefficient (Wildman–Crippen LogP) is 1.48. The van der Waals surface area contributed by atoms with Gasteiger partial charge < -0.3 is 5.32 Å². The molecule has 0 radical (unpaired) electrons. The van der Waals surface area contributed by atoms with E-state index in [2.05, 4.69) is 34.1 Å². The molecule has 1 unspecified atom stereocenters. The van der Waals surface area contributed by atoms with Crippen LogP contribution in [0.5, 0.6) is 0 Å². The Morgan fingerprint density at radius 3 is 2.45 bits per heavy atom. The van der Waals surface area contributed by atoms with Gasteiger partial charge in [0.2, 0.25) is 0 Å². The van der Waals surface area contributed by atoms with Gasteiger partial charge in [0.05, 0.1) is 6.20 Å². The molecule has 0 saturated carbocycles. The molecule has 1 aromatic rings. The van der Waals surface area contributed by atoms with Crippen molar-refractivity contribution in [3.8, 4) is 0 Å². The summed E-state index contributed by atoms with van der Waals surface area (Å²) in [5.74, 6) is 0.714. The Morgan fingerprint density at radius 2 is 1.90 bits per heavy atom. The molecular formula is C13H26N4O2S. The maximum absolute atomic E-state index is 12.3. The van der Waals surface area contributed by atoms with E-state index in [1.165, 1.54) is 0 Å². The molecule has 3 N–H and O–H groups in total. The van der Waals surface area contributed by atoms with E-state index in [1.54, 1.807) is 6.20 Å². The first-order valence-corrected chi connectivity index (χ1v) is 8.47. The second-order valence-corrected chi connectivity index (χ2v) is 7.54. The summed E-state index contributed by atoms with van der Waals surface area (Å²) in [6.45, 7) is 11.1. The van der Waals surface area contributed by atoms with Gasteiger partial charge in [-0.25, -0.2) is 13.1 Å². The van der Waals surface area contributed by atoms with Gasteiger partial charge in [0.15, 0.2) is 5.03 Å². The van der Waals surface area contributed by atoms with Crippen molar-refractivity contribution in [1.29, 1.82) is 0 Å². The molecule has 1 rings (SSSR count). The number of aromatic amines is 1. The second-order valence-electron chi connectivity index (χ2n) is 5.83. The van der Waals surface area contributed by atoms with E-state index in [4.69, 9.17) is 0 Å². The highest BCUT2D eigenvalue weighted by molar-refractivity contribution is 7.89. The van der Waals surface area contributed by atoms with E-state index in [0.29, 0.717) is 24.6 Å². The number of hydrogen-bond acceptors (Lipinski definition) is 4. The van der Waals surface area contributed by atoms with E-state index >= 15 is 0 Å². The third-order valence-electron chi connectivity index (χ3n) is 3.38. The van der Waals surface area contributed by atoms with Crippen LogP contribution in [-0.2, 0) is 16.6 Å². The monoisotopic (exact) mass is 302 g/mol. The molecule has 20 heavy (non-hydrogen) atoms. The molecule has 0 amide bonds. The summed E-state index contributed by atoms with van der Waals surface area (Å²) in [4.78, 5) is 0. The summed E-state index contributed by atoms with van der Waals surface area (Å²) < 4.78 is 27.2. The summed E-state index contributed by atoms with van der Waals surface area (Å²) in [6.07, 6.45) is 1.55. The van der Waals surface area contributed by atoms with Crippen LogP contribution in [-0.4, -0.2) is 31.2 Å². The number of hydrogen-bond donors (Lipinski definition) is 3. The molecule has 0 spiro atoms. The number of nitrogens with one attached hydrogen (secondary N) is 3. The number of aromatic nitrogens is 2. The van der Waals surface area contributed by atoms with Crippen LogP contribution in [0.25, 0.3) is 0 Å². The molecule has 1 heterocycles. The highest BCUT2D eigenvalue weighted by atomic mass is 32.2. The lowest BCUT2D eigenvalue weighted by Gasteiger charge is -2.16. The van der Waals surface area contributed by atoms with E-state index < -0.39 is 10.0 Å². The molecule has 0 saturated heterocycles. The van der Waals surface area contributed by atoms with Gasteiger partial charge in [0.1, 0.15) is 0 Å². The van der Waals surface area contributed by atoms with E-state index in [-0.39, 0.29) is 17.0 Å². The van der Waals surface area contributed by atoms with Crippen molar-refractivity contribution in [1.82, 2.24) is 20.2 Å². The Bertz CT molecular complexity index is 508. The summed E-state index contributed by atoms with van der Waals surface area (Å²) in [5, 5.41) is 9.77. The lowest BCUT2D eigenvalue weighted by atomic mass is 9.99. The van der Waals surface area contributed by atoms with Gasteiger partial charge in [0, 0.05) is 24.7 Å². The second kappa shape index (κ2) is 7.19. The summed E-state index contributed by atoms with van der Waals surface area (Å²) in [6, 6.07) is 0.286. The zero-order valence-corrected chi connectivity index (χ0v) is 13.7. The molecule has 0 aliphatic carbocycles. The molecule has 7 heteroatoms.